The lowest BCUT2D eigenvalue weighted by atomic mass is 9.85. The highest BCUT2D eigenvalue weighted by molar-refractivity contribution is 5.11. The second kappa shape index (κ2) is 7.09. The van der Waals surface area contributed by atoms with Crippen molar-refractivity contribution in [3.8, 4) is 0 Å². The van der Waals surface area contributed by atoms with Crippen LogP contribution in [0, 0.1) is 0 Å². The Balaban J connectivity index is 5.93. The van der Waals surface area contributed by atoms with Crippen LogP contribution in [-0.4, -0.2) is 55.9 Å². The maximum absolute atomic E-state index is 13.7. The standard InChI is InChI=1S/C9H7F13O2/c10-4(6(12,8(16,17)18)9(19,20)21)5(11,7(13,14)15)3-23-1-2-24-22/h4H,1-3H2. The zero-order chi connectivity index (χ0) is 19.6. The molecule has 0 aromatic heterocycles. The molecule has 0 saturated heterocycles. The van der Waals surface area contributed by atoms with E-state index in [-0.39, 0.29) is 0 Å². The van der Waals surface area contributed by atoms with Gasteiger partial charge in [0, 0.05) is 0 Å². The highest BCUT2D eigenvalue weighted by Gasteiger charge is 2.83. The number of hydrogen-bond acceptors (Lipinski definition) is 2. The Morgan fingerprint density at radius 2 is 1.08 bits per heavy atom. The van der Waals surface area contributed by atoms with E-state index in [4.69, 9.17) is 0 Å². The summed E-state index contributed by atoms with van der Waals surface area (Å²) >= 11 is 0. The fourth-order valence-electron chi connectivity index (χ4n) is 1.37. The summed E-state index contributed by atoms with van der Waals surface area (Å²) in [5, 5.41) is 0. The summed E-state index contributed by atoms with van der Waals surface area (Å²) in [5.41, 5.74) is -13.2. The highest BCUT2D eigenvalue weighted by atomic mass is 19.4. The van der Waals surface area contributed by atoms with Crippen molar-refractivity contribution in [1.29, 1.82) is 0 Å². The van der Waals surface area contributed by atoms with Crippen LogP contribution in [0.5, 0.6) is 0 Å². The molecule has 2 atom stereocenters. The molecule has 2 nitrogen and oxygen atoms in total. The number of alkyl halides is 12. The zero-order valence-electron chi connectivity index (χ0n) is 10.9. The fraction of sp³-hybridized carbons (Fsp3) is 1.00. The number of halogens is 13. The van der Waals surface area contributed by atoms with Crippen molar-refractivity contribution in [2.24, 2.45) is 0 Å². The number of hydrogen-bond donors (Lipinski definition) is 0. The molecular weight excluding hydrogens is 387 g/mol. The Kier molecular flexibility index (Phi) is 6.80. The molecule has 0 bridgehead atoms. The van der Waals surface area contributed by atoms with Crippen LogP contribution in [0.15, 0.2) is 0 Å². The molecule has 146 valence electrons. The summed E-state index contributed by atoms with van der Waals surface area (Å²) in [7, 11) is 0. The van der Waals surface area contributed by atoms with Crippen LogP contribution >= 0.6 is 0 Å². The second-order valence-corrected chi connectivity index (χ2v) is 4.30. The van der Waals surface area contributed by atoms with Gasteiger partial charge in [-0.25, -0.2) is 13.2 Å². The largest absolute Gasteiger partial charge is 0.434 e. The first-order chi connectivity index (χ1) is 10.5. The maximum atomic E-state index is 13.7. The molecule has 0 saturated carbocycles. The van der Waals surface area contributed by atoms with E-state index in [9.17, 15) is 57.2 Å². The quantitative estimate of drug-likeness (QED) is 0.473. The van der Waals surface area contributed by atoms with E-state index in [2.05, 4.69) is 9.68 Å². The fourth-order valence-corrected chi connectivity index (χ4v) is 1.37. The Hall–Kier alpha value is -0.990. The van der Waals surface area contributed by atoms with E-state index < -0.39 is 55.9 Å². The Labute approximate surface area is 124 Å². The van der Waals surface area contributed by atoms with Crippen molar-refractivity contribution in [3.63, 3.8) is 0 Å². The van der Waals surface area contributed by atoms with E-state index in [1.165, 1.54) is 0 Å². The van der Waals surface area contributed by atoms with Gasteiger partial charge in [-0.1, -0.05) is 0 Å². The van der Waals surface area contributed by atoms with Crippen molar-refractivity contribution in [2.45, 2.75) is 36.0 Å². The molecule has 15 heteroatoms. The van der Waals surface area contributed by atoms with Crippen molar-refractivity contribution in [3.05, 3.63) is 0 Å². The Morgan fingerprint density at radius 1 is 0.667 bits per heavy atom. The maximum Gasteiger partial charge on any atom is 0.434 e. The van der Waals surface area contributed by atoms with Gasteiger partial charge in [0.2, 0.25) is 0 Å². The molecule has 0 amide bonds. The molecule has 0 heterocycles. The summed E-state index contributed by atoms with van der Waals surface area (Å²) in [5.74, 6) is 0. The van der Waals surface area contributed by atoms with E-state index >= 15 is 0 Å². The topological polar surface area (TPSA) is 18.5 Å². The first-order valence-electron chi connectivity index (χ1n) is 5.50. The van der Waals surface area contributed by atoms with Crippen LogP contribution in [-0.2, 0) is 9.68 Å². The second-order valence-electron chi connectivity index (χ2n) is 4.30. The predicted molar refractivity (Wildman–Crippen MR) is 48.6 cm³/mol. The summed E-state index contributed by atoms with van der Waals surface area (Å²) in [4.78, 5) is 2.72. The molecular formula is C9H7F13O2. The van der Waals surface area contributed by atoms with Crippen molar-refractivity contribution >= 4 is 0 Å². The summed E-state index contributed by atoms with van der Waals surface area (Å²) in [6.45, 7) is -5.31. The molecule has 0 aromatic rings. The Bertz CT molecular complexity index is 386. The van der Waals surface area contributed by atoms with Crippen molar-refractivity contribution in [1.82, 2.24) is 0 Å². The lowest BCUT2D eigenvalue weighted by Gasteiger charge is -2.39. The van der Waals surface area contributed by atoms with E-state index in [0.29, 0.717) is 0 Å². The van der Waals surface area contributed by atoms with Crippen LogP contribution in [0.1, 0.15) is 0 Å². The van der Waals surface area contributed by atoms with Gasteiger partial charge in [-0.05, 0) is 4.53 Å². The zero-order valence-corrected chi connectivity index (χ0v) is 10.9. The smallest absolute Gasteiger partial charge is 0.375 e. The average molecular weight is 394 g/mol. The first-order valence-corrected chi connectivity index (χ1v) is 5.50. The Morgan fingerprint density at radius 3 is 1.38 bits per heavy atom. The van der Waals surface area contributed by atoms with Crippen LogP contribution < -0.4 is 0 Å². The molecule has 0 spiro atoms. The van der Waals surface area contributed by atoms with Gasteiger partial charge >= 0.3 is 24.2 Å². The summed E-state index contributed by atoms with van der Waals surface area (Å²) < 4.78 is 166. The van der Waals surface area contributed by atoms with E-state index in [0.717, 1.165) is 0 Å². The average Bonchev–Trinajstić information content (AvgIpc) is 2.37. The minimum atomic E-state index is -7.27. The third kappa shape index (κ3) is 4.15. The monoisotopic (exact) mass is 394 g/mol. The third-order valence-electron chi connectivity index (χ3n) is 2.66. The predicted octanol–water partition coefficient (Wildman–Crippen LogP) is 4.35. The number of rotatable bonds is 7. The van der Waals surface area contributed by atoms with Crippen molar-refractivity contribution in [2.75, 3.05) is 19.8 Å². The van der Waals surface area contributed by atoms with Gasteiger partial charge in [-0.2, -0.15) is 44.5 Å². The summed E-state index contributed by atoms with van der Waals surface area (Å²) in [6, 6.07) is 0. The van der Waals surface area contributed by atoms with Gasteiger partial charge < -0.3 is 4.74 Å². The molecule has 0 aliphatic rings. The van der Waals surface area contributed by atoms with Crippen LogP contribution in [0.3, 0.4) is 0 Å². The normalized spacial score (nSPS) is 18.4. The van der Waals surface area contributed by atoms with Gasteiger partial charge in [-0.3, -0.25) is 0 Å². The highest BCUT2D eigenvalue weighted by Crippen LogP contribution is 2.55. The minimum absolute atomic E-state index is 1.20. The SMILES string of the molecule is FOCCOCC(F)(C(F)C(F)(C(F)(F)F)C(F)(F)F)C(F)(F)F. The minimum Gasteiger partial charge on any atom is -0.375 e. The molecule has 0 rings (SSSR count). The molecule has 0 aliphatic carbocycles. The molecule has 24 heavy (non-hydrogen) atoms. The van der Waals surface area contributed by atoms with Crippen LogP contribution in [0.4, 0.5) is 57.2 Å². The molecule has 0 fully saturated rings. The molecule has 0 aromatic carbocycles. The third-order valence-corrected chi connectivity index (χ3v) is 2.66. The van der Waals surface area contributed by atoms with Gasteiger partial charge in [0.05, 0.1) is 13.2 Å². The molecule has 0 N–H and O–H groups in total. The van der Waals surface area contributed by atoms with Crippen LogP contribution in [0.25, 0.3) is 0 Å². The lowest BCUT2D eigenvalue weighted by Crippen LogP contribution is -2.69. The van der Waals surface area contributed by atoms with E-state index in [1.807, 2.05) is 0 Å². The van der Waals surface area contributed by atoms with Gasteiger partial charge in [-0.15, -0.1) is 0 Å². The summed E-state index contributed by atoms with van der Waals surface area (Å²) in [6.07, 6.45) is -27.1. The first kappa shape index (κ1) is 23.0. The molecule has 0 aliphatic heterocycles. The number of ether oxygens (including phenoxy) is 1. The lowest BCUT2D eigenvalue weighted by molar-refractivity contribution is -0.385. The van der Waals surface area contributed by atoms with E-state index in [1.54, 1.807) is 0 Å². The molecule has 2 unspecified atom stereocenters. The van der Waals surface area contributed by atoms with Crippen LogP contribution in [0.2, 0.25) is 0 Å². The van der Waals surface area contributed by atoms with Gasteiger partial charge in [0.1, 0.15) is 6.61 Å². The van der Waals surface area contributed by atoms with Gasteiger partial charge in [0.25, 0.3) is 5.67 Å². The van der Waals surface area contributed by atoms with Gasteiger partial charge in [0.15, 0.2) is 6.17 Å². The van der Waals surface area contributed by atoms with Crippen molar-refractivity contribution < 1.29 is 66.9 Å². The molecule has 0 radical (unpaired) electrons.